The van der Waals surface area contributed by atoms with Gasteiger partial charge in [-0.2, -0.15) is 0 Å². The van der Waals surface area contributed by atoms with E-state index in [1.165, 1.54) is 38.5 Å². The Balaban J connectivity index is 0.00000200. The summed E-state index contributed by atoms with van der Waals surface area (Å²) in [7, 11) is 0. The number of carbonyl (C=O) groups excluding carboxylic acids is 1. The number of hydrogen-bond acceptors (Lipinski definition) is 2. The Kier molecular flexibility index (Phi) is 7.90. The fourth-order valence-electron chi connectivity index (χ4n) is 3.66. The number of halogens is 1. The molecule has 1 saturated carbocycles. The van der Waals surface area contributed by atoms with Crippen molar-refractivity contribution in [2.24, 2.45) is 17.6 Å². The van der Waals surface area contributed by atoms with Crippen molar-refractivity contribution in [2.75, 3.05) is 13.1 Å². The van der Waals surface area contributed by atoms with Gasteiger partial charge in [0.1, 0.15) is 0 Å². The highest BCUT2D eigenvalue weighted by Crippen LogP contribution is 2.29. The quantitative estimate of drug-likeness (QED) is 0.846. The van der Waals surface area contributed by atoms with E-state index in [4.69, 9.17) is 5.73 Å². The molecule has 4 heteroatoms. The minimum absolute atomic E-state index is 0. The zero-order chi connectivity index (χ0) is 13.7. The summed E-state index contributed by atoms with van der Waals surface area (Å²) in [5.41, 5.74) is 5.97. The Morgan fingerprint density at radius 1 is 1.25 bits per heavy atom. The van der Waals surface area contributed by atoms with Crippen molar-refractivity contribution in [3.63, 3.8) is 0 Å². The molecular formula is C16H31ClN2O. The van der Waals surface area contributed by atoms with Gasteiger partial charge in [-0.1, -0.05) is 25.7 Å². The first-order chi connectivity index (χ1) is 9.16. The van der Waals surface area contributed by atoms with Gasteiger partial charge < -0.3 is 10.6 Å². The Bertz CT molecular complexity index is 290. The highest BCUT2D eigenvalue weighted by molar-refractivity contribution is 5.85. The molecule has 0 bridgehead atoms. The molecule has 1 saturated heterocycles. The van der Waals surface area contributed by atoms with Crippen LogP contribution in [0.15, 0.2) is 0 Å². The third kappa shape index (κ3) is 5.25. The van der Waals surface area contributed by atoms with E-state index in [-0.39, 0.29) is 18.4 Å². The lowest BCUT2D eigenvalue weighted by atomic mass is 9.92. The minimum atomic E-state index is 0. The van der Waals surface area contributed by atoms with Crippen molar-refractivity contribution in [3.05, 3.63) is 0 Å². The van der Waals surface area contributed by atoms with Crippen molar-refractivity contribution in [1.82, 2.24) is 4.90 Å². The van der Waals surface area contributed by atoms with Gasteiger partial charge in [-0.25, -0.2) is 0 Å². The molecule has 2 fully saturated rings. The van der Waals surface area contributed by atoms with Crippen LogP contribution in [0.2, 0.25) is 0 Å². The van der Waals surface area contributed by atoms with Crippen molar-refractivity contribution in [1.29, 1.82) is 0 Å². The van der Waals surface area contributed by atoms with Crippen LogP contribution in [0.3, 0.4) is 0 Å². The monoisotopic (exact) mass is 302 g/mol. The van der Waals surface area contributed by atoms with Crippen molar-refractivity contribution < 1.29 is 4.79 Å². The van der Waals surface area contributed by atoms with Crippen LogP contribution in [-0.4, -0.2) is 29.9 Å². The molecule has 2 aliphatic rings. The van der Waals surface area contributed by atoms with Gasteiger partial charge in [0.05, 0.1) is 0 Å². The van der Waals surface area contributed by atoms with Crippen molar-refractivity contribution in [2.45, 2.75) is 70.8 Å². The molecule has 0 spiro atoms. The van der Waals surface area contributed by atoms with E-state index >= 15 is 0 Å². The standard InChI is InChI=1S/C16H30N2O.ClH/c1-13(17)15-9-5-11-18(12-15)16(19)10-4-8-14-6-2-3-7-14;/h13-15H,2-12,17H2,1H3;1H. The second-order valence-corrected chi connectivity index (χ2v) is 6.64. The molecule has 118 valence electrons. The molecule has 0 aromatic carbocycles. The van der Waals surface area contributed by atoms with Crippen LogP contribution in [0, 0.1) is 11.8 Å². The number of nitrogens with two attached hydrogens (primary N) is 1. The summed E-state index contributed by atoms with van der Waals surface area (Å²) in [6, 6.07) is 0.217. The first-order valence-electron chi connectivity index (χ1n) is 8.20. The van der Waals surface area contributed by atoms with E-state index in [1.807, 2.05) is 0 Å². The molecule has 2 atom stereocenters. The van der Waals surface area contributed by atoms with E-state index in [1.54, 1.807) is 0 Å². The average molecular weight is 303 g/mol. The molecule has 1 aliphatic heterocycles. The van der Waals surface area contributed by atoms with Crippen LogP contribution in [0.5, 0.6) is 0 Å². The lowest BCUT2D eigenvalue weighted by Gasteiger charge is -2.34. The number of piperidine rings is 1. The summed E-state index contributed by atoms with van der Waals surface area (Å²) < 4.78 is 0. The topological polar surface area (TPSA) is 46.3 Å². The van der Waals surface area contributed by atoms with Gasteiger partial charge in [0.2, 0.25) is 5.91 Å². The Morgan fingerprint density at radius 3 is 2.60 bits per heavy atom. The number of likely N-dealkylation sites (tertiary alicyclic amines) is 1. The molecule has 1 heterocycles. The largest absolute Gasteiger partial charge is 0.342 e. The van der Waals surface area contributed by atoms with Gasteiger partial charge >= 0.3 is 0 Å². The predicted octanol–water partition coefficient (Wildman–Crippen LogP) is 3.35. The molecule has 0 aromatic rings. The van der Waals surface area contributed by atoms with Crippen LogP contribution in [-0.2, 0) is 4.79 Å². The highest BCUT2D eigenvalue weighted by Gasteiger charge is 2.25. The van der Waals surface area contributed by atoms with E-state index in [0.717, 1.165) is 38.3 Å². The number of nitrogens with zero attached hydrogens (tertiary/aromatic N) is 1. The maximum absolute atomic E-state index is 12.2. The molecule has 0 radical (unpaired) electrons. The van der Waals surface area contributed by atoms with Crippen LogP contribution < -0.4 is 5.73 Å². The summed E-state index contributed by atoms with van der Waals surface area (Å²) in [5, 5.41) is 0. The molecule has 2 unspecified atom stereocenters. The lowest BCUT2D eigenvalue weighted by Crippen LogP contribution is -2.45. The maximum Gasteiger partial charge on any atom is 0.222 e. The van der Waals surface area contributed by atoms with Gasteiger partial charge in [-0.3, -0.25) is 4.79 Å². The second-order valence-electron chi connectivity index (χ2n) is 6.64. The summed E-state index contributed by atoms with van der Waals surface area (Å²) in [4.78, 5) is 14.3. The summed E-state index contributed by atoms with van der Waals surface area (Å²) in [6.07, 6.45) is 11.0. The van der Waals surface area contributed by atoms with Crippen LogP contribution in [0.4, 0.5) is 0 Å². The average Bonchev–Trinajstić information content (AvgIpc) is 2.92. The van der Waals surface area contributed by atoms with Gasteiger partial charge in [-0.15, -0.1) is 12.4 Å². The third-order valence-corrected chi connectivity index (χ3v) is 5.03. The first-order valence-corrected chi connectivity index (χ1v) is 8.20. The predicted molar refractivity (Wildman–Crippen MR) is 86.0 cm³/mol. The Morgan fingerprint density at radius 2 is 1.95 bits per heavy atom. The second kappa shape index (κ2) is 8.89. The molecule has 1 aliphatic carbocycles. The third-order valence-electron chi connectivity index (χ3n) is 5.03. The zero-order valence-corrected chi connectivity index (χ0v) is 13.7. The number of rotatable bonds is 5. The zero-order valence-electron chi connectivity index (χ0n) is 12.9. The number of hydrogen-bond donors (Lipinski definition) is 1. The highest BCUT2D eigenvalue weighted by atomic mass is 35.5. The lowest BCUT2D eigenvalue weighted by molar-refractivity contribution is -0.133. The van der Waals surface area contributed by atoms with E-state index in [2.05, 4.69) is 11.8 Å². The van der Waals surface area contributed by atoms with Crippen molar-refractivity contribution in [3.8, 4) is 0 Å². The van der Waals surface area contributed by atoms with Gasteiger partial charge in [-0.05, 0) is 44.4 Å². The minimum Gasteiger partial charge on any atom is -0.342 e. The Labute approximate surface area is 130 Å². The van der Waals surface area contributed by atoms with Gasteiger partial charge in [0.15, 0.2) is 0 Å². The Hall–Kier alpha value is -0.280. The van der Waals surface area contributed by atoms with E-state index in [9.17, 15) is 4.79 Å². The molecule has 0 aromatic heterocycles. The molecule has 2 N–H and O–H groups in total. The molecular weight excluding hydrogens is 272 g/mol. The number of amides is 1. The van der Waals surface area contributed by atoms with E-state index < -0.39 is 0 Å². The van der Waals surface area contributed by atoms with Crippen LogP contribution in [0.1, 0.15) is 64.7 Å². The van der Waals surface area contributed by atoms with Crippen LogP contribution in [0.25, 0.3) is 0 Å². The summed E-state index contributed by atoms with van der Waals surface area (Å²) >= 11 is 0. The molecule has 3 nitrogen and oxygen atoms in total. The first kappa shape index (κ1) is 17.8. The van der Waals surface area contributed by atoms with Gasteiger partial charge in [0.25, 0.3) is 0 Å². The SMILES string of the molecule is CC(N)C1CCCN(C(=O)CCCC2CCCC2)C1.Cl. The van der Waals surface area contributed by atoms with Crippen LogP contribution >= 0.6 is 12.4 Å². The maximum atomic E-state index is 12.2. The number of carbonyl (C=O) groups is 1. The fraction of sp³-hybridized carbons (Fsp3) is 0.938. The van der Waals surface area contributed by atoms with E-state index in [0.29, 0.717) is 11.8 Å². The summed E-state index contributed by atoms with van der Waals surface area (Å²) in [6.45, 7) is 3.91. The van der Waals surface area contributed by atoms with Gasteiger partial charge in [0, 0.05) is 25.6 Å². The smallest absolute Gasteiger partial charge is 0.222 e. The fourth-order valence-corrected chi connectivity index (χ4v) is 3.66. The van der Waals surface area contributed by atoms with Crippen molar-refractivity contribution >= 4 is 18.3 Å². The summed E-state index contributed by atoms with van der Waals surface area (Å²) in [5.74, 6) is 1.78. The normalized spacial score (nSPS) is 25.3. The molecule has 1 amide bonds. The molecule has 2 rings (SSSR count). The molecule has 20 heavy (non-hydrogen) atoms.